The lowest BCUT2D eigenvalue weighted by atomic mass is 10.1. The molecule has 0 fully saturated rings. The number of benzene rings is 2. The molecule has 0 heterocycles. The maximum absolute atomic E-state index is 7.39. The predicted octanol–water partition coefficient (Wildman–Crippen LogP) is 4.78. The van der Waals surface area contributed by atoms with Gasteiger partial charge in [-0.2, -0.15) is 0 Å². The largest absolute Gasteiger partial charge is 0.388 e. The fraction of sp³-hybridized carbons (Fsp3) is 0.0667. The van der Waals surface area contributed by atoms with Gasteiger partial charge >= 0.3 is 0 Å². The number of anilines is 1. The molecule has 2 aromatic rings. The smallest absolute Gasteiger partial charge is 0.0645 e. The molecule has 102 valence electrons. The van der Waals surface area contributed by atoms with Crippen LogP contribution in [0.4, 0.5) is 11.4 Å². The first-order valence-electron chi connectivity index (χ1n) is 5.95. The van der Waals surface area contributed by atoms with Gasteiger partial charge in [0.15, 0.2) is 0 Å². The number of nitrogens with one attached hydrogen (secondary N) is 2. The Hall–Kier alpha value is -1.84. The minimum absolute atomic E-state index is 0.479. The van der Waals surface area contributed by atoms with E-state index in [1.165, 1.54) is 6.21 Å². The highest BCUT2D eigenvalue weighted by molar-refractivity contribution is 6.42. The Bertz CT molecular complexity index is 666. The lowest BCUT2D eigenvalue weighted by Gasteiger charge is -2.05. The number of aliphatic imine (C=N–C) groups is 1. The summed E-state index contributed by atoms with van der Waals surface area (Å²) in [5.74, 6) is 0. The van der Waals surface area contributed by atoms with E-state index in [0.29, 0.717) is 10.0 Å². The number of hydrogen-bond donors (Lipinski definition) is 2. The van der Waals surface area contributed by atoms with Gasteiger partial charge in [-0.3, -0.25) is 4.99 Å². The summed E-state index contributed by atoms with van der Waals surface area (Å²) in [6.07, 6.45) is 3.04. The zero-order valence-electron chi connectivity index (χ0n) is 10.8. The Morgan fingerprint density at radius 3 is 2.55 bits per heavy atom. The summed E-state index contributed by atoms with van der Waals surface area (Å²) in [6.45, 7) is 0. The summed E-state index contributed by atoms with van der Waals surface area (Å²) < 4.78 is 0. The Morgan fingerprint density at radius 2 is 1.90 bits per heavy atom. The highest BCUT2D eigenvalue weighted by atomic mass is 35.5. The second-order valence-corrected chi connectivity index (χ2v) is 4.91. The van der Waals surface area contributed by atoms with Crippen LogP contribution >= 0.6 is 23.2 Å². The van der Waals surface area contributed by atoms with Gasteiger partial charge < -0.3 is 10.7 Å². The predicted molar refractivity (Wildman–Crippen MR) is 87.6 cm³/mol. The maximum atomic E-state index is 7.39. The molecule has 0 aliphatic rings. The maximum Gasteiger partial charge on any atom is 0.0645 e. The Kier molecular flexibility index (Phi) is 4.77. The standard InChI is InChI=1S/C15H13Cl2N3/c1-19-15-5-2-10(6-11(15)8-18)9-20-12-3-4-13(16)14(17)7-12/h2-9,18-19H,1H3/b18-8?,20-9+. The van der Waals surface area contributed by atoms with E-state index in [1.54, 1.807) is 24.4 Å². The molecular formula is C15H13Cl2N3. The van der Waals surface area contributed by atoms with E-state index < -0.39 is 0 Å². The highest BCUT2D eigenvalue weighted by Gasteiger charge is 2.00. The zero-order valence-corrected chi connectivity index (χ0v) is 12.3. The highest BCUT2D eigenvalue weighted by Crippen LogP contribution is 2.26. The lowest BCUT2D eigenvalue weighted by Crippen LogP contribution is -1.95. The molecular weight excluding hydrogens is 293 g/mol. The first kappa shape index (κ1) is 14.6. The van der Waals surface area contributed by atoms with Gasteiger partial charge in [0.1, 0.15) is 0 Å². The van der Waals surface area contributed by atoms with Crippen molar-refractivity contribution in [2.45, 2.75) is 0 Å². The van der Waals surface area contributed by atoms with Crippen molar-refractivity contribution < 1.29 is 0 Å². The minimum atomic E-state index is 0.479. The summed E-state index contributed by atoms with van der Waals surface area (Å²) in [7, 11) is 1.83. The number of hydrogen-bond acceptors (Lipinski definition) is 3. The molecule has 0 saturated heterocycles. The van der Waals surface area contributed by atoms with Crippen molar-refractivity contribution in [1.29, 1.82) is 5.41 Å². The molecule has 0 unspecified atom stereocenters. The number of nitrogens with zero attached hydrogens (tertiary/aromatic N) is 1. The van der Waals surface area contributed by atoms with Crippen LogP contribution in [0, 0.1) is 5.41 Å². The second kappa shape index (κ2) is 6.55. The van der Waals surface area contributed by atoms with Gasteiger partial charge in [-0.1, -0.05) is 29.3 Å². The monoisotopic (exact) mass is 305 g/mol. The minimum Gasteiger partial charge on any atom is -0.388 e. The number of rotatable bonds is 4. The van der Waals surface area contributed by atoms with E-state index in [9.17, 15) is 0 Å². The van der Waals surface area contributed by atoms with Crippen LogP contribution in [-0.2, 0) is 0 Å². The van der Waals surface area contributed by atoms with Gasteiger partial charge in [-0.05, 0) is 35.9 Å². The fourth-order valence-corrected chi connectivity index (χ4v) is 2.02. The van der Waals surface area contributed by atoms with Gasteiger partial charge in [0.25, 0.3) is 0 Å². The van der Waals surface area contributed by atoms with Crippen LogP contribution in [0.25, 0.3) is 0 Å². The first-order chi connectivity index (χ1) is 9.63. The molecule has 0 atom stereocenters. The molecule has 0 radical (unpaired) electrons. The summed E-state index contributed by atoms with van der Waals surface area (Å²) >= 11 is 11.8. The summed E-state index contributed by atoms with van der Waals surface area (Å²) in [5, 5.41) is 11.4. The van der Waals surface area contributed by atoms with Crippen LogP contribution in [0.3, 0.4) is 0 Å². The van der Waals surface area contributed by atoms with E-state index >= 15 is 0 Å². The Labute approximate surface area is 127 Å². The molecule has 0 aliphatic heterocycles. The van der Waals surface area contributed by atoms with Gasteiger partial charge in [-0.25, -0.2) is 0 Å². The fourth-order valence-electron chi connectivity index (χ4n) is 1.72. The van der Waals surface area contributed by atoms with Gasteiger partial charge in [0.2, 0.25) is 0 Å². The third kappa shape index (κ3) is 3.38. The molecule has 2 aromatic carbocycles. The molecule has 0 aromatic heterocycles. The molecule has 0 bridgehead atoms. The lowest BCUT2D eigenvalue weighted by molar-refractivity contribution is 1.46. The van der Waals surface area contributed by atoms with Crippen LogP contribution in [0.2, 0.25) is 10.0 Å². The van der Waals surface area contributed by atoms with E-state index in [0.717, 1.165) is 22.5 Å². The van der Waals surface area contributed by atoms with Gasteiger partial charge in [0.05, 0.1) is 15.7 Å². The van der Waals surface area contributed by atoms with Crippen molar-refractivity contribution in [2.75, 3.05) is 12.4 Å². The molecule has 5 heteroatoms. The van der Waals surface area contributed by atoms with Crippen molar-refractivity contribution in [3.05, 3.63) is 57.6 Å². The van der Waals surface area contributed by atoms with Crippen LogP contribution in [-0.4, -0.2) is 19.5 Å². The summed E-state index contributed by atoms with van der Waals surface area (Å²) in [4.78, 5) is 4.35. The van der Waals surface area contributed by atoms with Crippen molar-refractivity contribution in [1.82, 2.24) is 0 Å². The van der Waals surface area contributed by atoms with Crippen molar-refractivity contribution in [3.63, 3.8) is 0 Å². The van der Waals surface area contributed by atoms with Crippen LogP contribution in [0.15, 0.2) is 41.4 Å². The van der Waals surface area contributed by atoms with Gasteiger partial charge in [0, 0.05) is 30.7 Å². The third-order valence-corrected chi connectivity index (χ3v) is 3.51. The Morgan fingerprint density at radius 1 is 1.10 bits per heavy atom. The molecule has 0 aliphatic carbocycles. The second-order valence-electron chi connectivity index (χ2n) is 4.10. The SMILES string of the molecule is CNc1ccc(/C=N/c2ccc(Cl)c(Cl)c2)cc1C=N. The molecule has 0 saturated carbocycles. The zero-order chi connectivity index (χ0) is 14.5. The van der Waals surface area contributed by atoms with Crippen molar-refractivity contribution >= 4 is 47.0 Å². The average Bonchev–Trinajstić information content (AvgIpc) is 2.48. The average molecular weight is 306 g/mol. The van der Waals surface area contributed by atoms with Crippen LogP contribution < -0.4 is 5.32 Å². The van der Waals surface area contributed by atoms with E-state index in [2.05, 4.69) is 10.3 Å². The Balaban J connectivity index is 2.26. The normalized spacial score (nSPS) is 10.8. The van der Waals surface area contributed by atoms with Crippen LogP contribution in [0.1, 0.15) is 11.1 Å². The summed E-state index contributed by atoms with van der Waals surface area (Å²) in [5.41, 5.74) is 3.36. The molecule has 3 nitrogen and oxygen atoms in total. The van der Waals surface area contributed by atoms with Gasteiger partial charge in [-0.15, -0.1) is 0 Å². The third-order valence-electron chi connectivity index (χ3n) is 2.77. The first-order valence-corrected chi connectivity index (χ1v) is 6.71. The van der Waals surface area contributed by atoms with Crippen LogP contribution in [0.5, 0.6) is 0 Å². The van der Waals surface area contributed by atoms with E-state index in [1.807, 2.05) is 25.2 Å². The van der Waals surface area contributed by atoms with E-state index in [-0.39, 0.29) is 0 Å². The molecule has 2 rings (SSSR count). The van der Waals surface area contributed by atoms with E-state index in [4.69, 9.17) is 28.6 Å². The molecule has 0 amide bonds. The number of halogens is 2. The molecule has 0 spiro atoms. The molecule has 2 N–H and O–H groups in total. The quantitative estimate of drug-likeness (QED) is 0.784. The molecule has 20 heavy (non-hydrogen) atoms. The van der Waals surface area contributed by atoms with Crippen molar-refractivity contribution in [2.24, 2.45) is 4.99 Å². The van der Waals surface area contributed by atoms with Crippen molar-refractivity contribution in [3.8, 4) is 0 Å². The topological polar surface area (TPSA) is 48.2 Å². The summed E-state index contributed by atoms with van der Waals surface area (Å²) in [6, 6.07) is 10.9.